The fourth-order valence-electron chi connectivity index (χ4n) is 3.04. The second-order valence-electron chi connectivity index (χ2n) is 5.27. The molecule has 1 aromatic heterocycles. The highest BCUT2D eigenvalue weighted by atomic mass is 32.1. The highest BCUT2D eigenvalue weighted by Gasteiger charge is 2.21. The van der Waals surface area contributed by atoms with Crippen molar-refractivity contribution in [1.82, 2.24) is 4.90 Å². The third kappa shape index (κ3) is 3.99. The van der Waals surface area contributed by atoms with Crippen molar-refractivity contribution in [1.29, 1.82) is 0 Å². The van der Waals surface area contributed by atoms with Crippen LogP contribution in [0.3, 0.4) is 0 Å². The van der Waals surface area contributed by atoms with Gasteiger partial charge in [0.15, 0.2) is 0 Å². The summed E-state index contributed by atoms with van der Waals surface area (Å²) < 4.78 is 25.6. The fraction of sp³-hybridized carbons (Fsp3) is 0.733. The molecule has 0 radical (unpaired) electrons. The van der Waals surface area contributed by atoms with Crippen molar-refractivity contribution in [2.24, 2.45) is 0 Å². The Kier molecular flexibility index (Phi) is 5.76. The summed E-state index contributed by atoms with van der Waals surface area (Å²) in [5.74, 6) is 0. The number of hydrogen-bond acceptors (Lipinski definition) is 2. The summed E-state index contributed by atoms with van der Waals surface area (Å²) in [6.07, 6.45) is 4.99. The van der Waals surface area contributed by atoms with Gasteiger partial charge in [-0.15, -0.1) is 11.3 Å². The molecule has 0 unspecified atom stereocenters. The Balaban J connectivity index is 1.90. The minimum atomic E-state index is -2.33. The van der Waals surface area contributed by atoms with Crippen LogP contribution in [0.15, 0.2) is 11.4 Å². The minimum Gasteiger partial charge on any atom is -0.300 e. The van der Waals surface area contributed by atoms with Crippen LogP contribution in [0.2, 0.25) is 0 Å². The number of hydrogen-bond donors (Lipinski definition) is 0. The van der Waals surface area contributed by atoms with Crippen molar-refractivity contribution in [3.05, 3.63) is 21.9 Å². The molecule has 1 aliphatic rings. The smallest absolute Gasteiger partial charge is 0.264 e. The van der Waals surface area contributed by atoms with E-state index >= 15 is 0 Å². The molecule has 1 aliphatic carbocycles. The number of thiophene rings is 1. The lowest BCUT2D eigenvalue weighted by Crippen LogP contribution is -2.38. The van der Waals surface area contributed by atoms with Gasteiger partial charge in [-0.2, -0.15) is 0 Å². The molecule has 2 rings (SSSR count). The number of likely N-dealkylation sites (N-methyl/N-ethyl adjacent to an activating group) is 1. The van der Waals surface area contributed by atoms with Gasteiger partial charge in [0, 0.05) is 23.0 Å². The lowest BCUT2D eigenvalue weighted by molar-refractivity contribution is 0.148. The third-order valence-electron chi connectivity index (χ3n) is 4.14. The zero-order chi connectivity index (χ0) is 13.7. The van der Waals surface area contributed by atoms with Gasteiger partial charge < -0.3 is 4.90 Å². The molecule has 19 heavy (non-hydrogen) atoms. The van der Waals surface area contributed by atoms with Gasteiger partial charge in [0.25, 0.3) is 6.43 Å². The second-order valence-corrected chi connectivity index (χ2v) is 6.27. The van der Waals surface area contributed by atoms with E-state index in [9.17, 15) is 8.78 Å². The molecule has 108 valence electrons. The van der Waals surface area contributed by atoms with Gasteiger partial charge in [0.05, 0.1) is 0 Å². The molecule has 0 atom stereocenters. The Morgan fingerprint density at radius 3 is 2.68 bits per heavy atom. The monoisotopic (exact) mass is 287 g/mol. The predicted molar refractivity (Wildman–Crippen MR) is 77.1 cm³/mol. The first-order valence-electron chi connectivity index (χ1n) is 7.30. The third-order valence-corrected chi connectivity index (χ3v) is 5.13. The first kappa shape index (κ1) is 14.9. The average Bonchev–Trinajstić information content (AvgIpc) is 2.89. The highest BCUT2D eigenvalue weighted by Crippen LogP contribution is 2.28. The second kappa shape index (κ2) is 7.34. The van der Waals surface area contributed by atoms with Crippen molar-refractivity contribution in [3.8, 4) is 0 Å². The van der Waals surface area contributed by atoms with Crippen LogP contribution in [-0.4, -0.2) is 24.0 Å². The van der Waals surface area contributed by atoms with E-state index in [2.05, 4.69) is 11.8 Å². The van der Waals surface area contributed by atoms with Gasteiger partial charge in [-0.1, -0.05) is 26.2 Å². The lowest BCUT2D eigenvalue weighted by atomic mass is 9.94. The molecule has 0 amide bonds. The summed E-state index contributed by atoms with van der Waals surface area (Å²) in [6, 6.07) is 2.25. The number of halogens is 2. The van der Waals surface area contributed by atoms with Crippen LogP contribution in [0.1, 0.15) is 55.9 Å². The van der Waals surface area contributed by atoms with Gasteiger partial charge in [0.2, 0.25) is 0 Å². The Morgan fingerprint density at radius 1 is 1.32 bits per heavy atom. The molecule has 4 heteroatoms. The van der Waals surface area contributed by atoms with Crippen LogP contribution >= 0.6 is 11.3 Å². The van der Waals surface area contributed by atoms with Crippen molar-refractivity contribution >= 4 is 11.3 Å². The molecule has 1 aromatic rings. The van der Waals surface area contributed by atoms with E-state index in [0.717, 1.165) is 24.4 Å². The van der Waals surface area contributed by atoms with Crippen LogP contribution in [0, 0.1) is 0 Å². The molecule has 1 heterocycles. The molecular weight excluding hydrogens is 264 g/mol. The zero-order valence-corrected chi connectivity index (χ0v) is 12.4. The summed E-state index contributed by atoms with van der Waals surface area (Å²) in [6.45, 7) is 4.12. The maximum atomic E-state index is 12.8. The normalized spacial score (nSPS) is 17.5. The van der Waals surface area contributed by atoms with Crippen molar-refractivity contribution in [2.45, 2.75) is 57.9 Å². The van der Waals surface area contributed by atoms with Crippen LogP contribution < -0.4 is 0 Å². The maximum absolute atomic E-state index is 12.8. The molecule has 0 aliphatic heterocycles. The first-order chi connectivity index (χ1) is 9.22. The highest BCUT2D eigenvalue weighted by molar-refractivity contribution is 7.10. The lowest BCUT2D eigenvalue weighted by Gasteiger charge is -2.33. The summed E-state index contributed by atoms with van der Waals surface area (Å²) in [7, 11) is 0. The van der Waals surface area contributed by atoms with Crippen molar-refractivity contribution < 1.29 is 8.78 Å². The molecule has 0 aromatic carbocycles. The largest absolute Gasteiger partial charge is 0.300 e. The standard InChI is InChI=1S/C15H23F2NS/c1-2-18(12-6-4-3-5-7-12)10-8-14-13(15(16)17)9-11-19-14/h9,11-12,15H,2-8,10H2,1H3. The summed E-state index contributed by atoms with van der Waals surface area (Å²) in [5, 5.41) is 1.79. The molecule has 1 saturated carbocycles. The Labute approximate surface area is 118 Å². The van der Waals surface area contributed by atoms with E-state index in [1.54, 1.807) is 11.4 Å². The van der Waals surface area contributed by atoms with E-state index in [4.69, 9.17) is 0 Å². The van der Waals surface area contributed by atoms with E-state index in [-0.39, 0.29) is 5.56 Å². The average molecular weight is 287 g/mol. The summed E-state index contributed by atoms with van der Waals surface area (Å²) in [4.78, 5) is 3.35. The molecule has 0 N–H and O–H groups in total. The molecule has 1 nitrogen and oxygen atoms in total. The van der Waals surface area contributed by atoms with Gasteiger partial charge in [-0.05, 0) is 37.3 Å². The maximum Gasteiger partial charge on any atom is 0.264 e. The van der Waals surface area contributed by atoms with Gasteiger partial charge in [0.1, 0.15) is 0 Å². The predicted octanol–water partition coefficient (Wildman–Crippen LogP) is 4.88. The van der Waals surface area contributed by atoms with Crippen LogP contribution in [-0.2, 0) is 6.42 Å². The minimum absolute atomic E-state index is 0.240. The SMILES string of the molecule is CCN(CCc1sccc1C(F)F)C1CCCCC1. The quantitative estimate of drug-likeness (QED) is 0.720. The fourth-order valence-corrected chi connectivity index (χ4v) is 3.92. The summed E-state index contributed by atoms with van der Waals surface area (Å²) in [5.41, 5.74) is 0.240. The van der Waals surface area contributed by atoms with Gasteiger partial charge in [-0.25, -0.2) is 8.78 Å². The van der Waals surface area contributed by atoms with Gasteiger partial charge in [-0.3, -0.25) is 0 Å². The van der Waals surface area contributed by atoms with Crippen LogP contribution in [0.4, 0.5) is 8.78 Å². The van der Waals surface area contributed by atoms with Crippen LogP contribution in [0.5, 0.6) is 0 Å². The van der Waals surface area contributed by atoms with E-state index < -0.39 is 6.43 Å². The topological polar surface area (TPSA) is 3.24 Å². The number of alkyl halides is 2. The van der Waals surface area contributed by atoms with Crippen LogP contribution in [0.25, 0.3) is 0 Å². The molecule has 1 fully saturated rings. The van der Waals surface area contributed by atoms with E-state index in [1.807, 2.05) is 0 Å². The van der Waals surface area contributed by atoms with E-state index in [0.29, 0.717) is 6.04 Å². The molecule has 0 saturated heterocycles. The Morgan fingerprint density at radius 2 is 2.05 bits per heavy atom. The first-order valence-corrected chi connectivity index (χ1v) is 8.18. The number of rotatable bonds is 6. The Bertz CT molecular complexity index is 372. The molecular formula is C15H23F2NS. The van der Waals surface area contributed by atoms with Gasteiger partial charge >= 0.3 is 0 Å². The van der Waals surface area contributed by atoms with Crippen molar-refractivity contribution in [3.63, 3.8) is 0 Å². The number of nitrogens with zero attached hydrogens (tertiary/aromatic N) is 1. The van der Waals surface area contributed by atoms with E-state index in [1.165, 1.54) is 43.4 Å². The zero-order valence-electron chi connectivity index (χ0n) is 11.6. The molecule has 0 bridgehead atoms. The summed E-state index contributed by atoms with van der Waals surface area (Å²) >= 11 is 1.47. The van der Waals surface area contributed by atoms with Crippen molar-refractivity contribution in [2.75, 3.05) is 13.1 Å². The molecule has 0 spiro atoms. The Hall–Kier alpha value is -0.480.